The summed E-state index contributed by atoms with van der Waals surface area (Å²) in [4.78, 5) is 3.79. The lowest BCUT2D eigenvalue weighted by atomic mass is 9.97. The number of hydrogen-bond acceptors (Lipinski definition) is 6. The summed E-state index contributed by atoms with van der Waals surface area (Å²) in [5.41, 5.74) is 2.94. The molecule has 19 heavy (non-hydrogen) atoms. The largest absolute Gasteiger partial charge is 0.394 e. The number of ether oxygens (including phenoxy) is 1. The number of nitrogens with two attached hydrogens (primary N) is 1. The molecule has 1 unspecified atom stereocenters. The second kappa shape index (κ2) is 4.86. The van der Waals surface area contributed by atoms with Crippen LogP contribution in [0.4, 0.5) is 10.2 Å². The molecule has 6 nitrogen and oxygen atoms in total. The van der Waals surface area contributed by atoms with E-state index in [0.717, 1.165) is 4.57 Å². The number of alkyl halides is 1. The molecule has 0 spiro atoms. The van der Waals surface area contributed by atoms with E-state index in [1.807, 2.05) is 5.92 Å². The SMILES string of the molecule is C#C[C@@]1(F)C(O)[C@@H](CO)O[C@H]1n1ccc(N)nc1=S. The maximum absolute atomic E-state index is 14.7. The summed E-state index contributed by atoms with van der Waals surface area (Å²) in [6, 6.07) is 1.40. The van der Waals surface area contributed by atoms with Crippen molar-refractivity contribution in [3.63, 3.8) is 0 Å². The fourth-order valence-electron chi connectivity index (χ4n) is 1.93. The molecule has 2 rings (SSSR count). The smallest absolute Gasteiger partial charge is 0.243 e. The predicted molar refractivity (Wildman–Crippen MR) is 67.1 cm³/mol. The summed E-state index contributed by atoms with van der Waals surface area (Å²) < 4.78 is 21.0. The lowest BCUT2D eigenvalue weighted by Gasteiger charge is -2.24. The molecule has 1 fully saturated rings. The van der Waals surface area contributed by atoms with Crippen LogP contribution in [-0.4, -0.2) is 44.2 Å². The molecular formula is C11H12FN3O3S. The minimum atomic E-state index is -2.51. The molecule has 1 aromatic rings. The zero-order chi connectivity index (χ0) is 14.2. The summed E-state index contributed by atoms with van der Waals surface area (Å²) in [7, 11) is 0. The second-order valence-corrected chi connectivity index (χ2v) is 4.47. The third-order valence-corrected chi connectivity index (χ3v) is 3.25. The van der Waals surface area contributed by atoms with Crippen LogP contribution >= 0.6 is 12.2 Å². The molecule has 8 heteroatoms. The number of halogens is 1. The Morgan fingerprint density at radius 2 is 2.42 bits per heavy atom. The summed E-state index contributed by atoms with van der Waals surface area (Å²) >= 11 is 4.95. The minimum absolute atomic E-state index is 0.0342. The molecule has 0 amide bonds. The van der Waals surface area contributed by atoms with Gasteiger partial charge in [0.1, 0.15) is 18.0 Å². The molecular weight excluding hydrogens is 273 g/mol. The first-order valence-corrected chi connectivity index (χ1v) is 5.80. The fourth-order valence-corrected chi connectivity index (χ4v) is 2.19. The van der Waals surface area contributed by atoms with Crippen molar-refractivity contribution in [1.29, 1.82) is 0 Å². The fraction of sp³-hybridized carbons (Fsp3) is 0.455. The average molecular weight is 285 g/mol. The van der Waals surface area contributed by atoms with Crippen molar-refractivity contribution in [3.8, 4) is 12.3 Å². The average Bonchev–Trinajstić information content (AvgIpc) is 2.63. The zero-order valence-corrected chi connectivity index (χ0v) is 10.5. The van der Waals surface area contributed by atoms with E-state index >= 15 is 0 Å². The molecule has 0 saturated carbocycles. The number of aliphatic hydroxyl groups is 2. The van der Waals surface area contributed by atoms with Gasteiger partial charge in [-0.2, -0.15) is 0 Å². The minimum Gasteiger partial charge on any atom is -0.394 e. The summed E-state index contributed by atoms with van der Waals surface area (Å²) in [6.07, 6.45) is 2.35. The number of aromatic nitrogens is 2. The van der Waals surface area contributed by atoms with E-state index in [2.05, 4.69) is 4.98 Å². The van der Waals surface area contributed by atoms with E-state index in [0.29, 0.717) is 0 Å². The molecule has 0 bridgehead atoms. The van der Waals surface area contributed by atoms with Crippen molar-refractivity contribution >= 4 is 18.0 Å². The van der Waals surface area contributed by atoms with Crippen molar-refractivity contribution in [1.82, 2.24) is 9.55 Å². The van der Waals surface area contributed by atoms with Gasteiger partial charge in [-0.3, -0.25) is 4.57 Å². The Morgan fingerprint density at radius 3 is 2.95 bits per heavy atom. The topological polar surface area (TPSA) is 93.5 Å². The third kappa shape index (κ3) is 2.11. The van der Waals surface area contributed by atoms with E-state index in [-0.39, 0.29) is 10.6 Å². The van der Waals surface area contributed by atoms with Crippen molar-refractivity contribution in [2.45, 2.75) is 24.1 Å². The molecule has 0 radical (unpaired) electrons. The Morgan fingerprint density at radius 1 is 1.74 bits per heavy atom. The standard InChI is InChI=1S/C11H12FN3O3S/c1-2-11(12)8(17)6(5-16)18-9(11)15-4-3-7(13)14-10(15)19/h1,3-4,6,8-9,16-17H,5H2,(H2,13,14,19)/t6-,8?,9-,11-/m1/s1. The van der Waals surface area contributed by atoms with Gasteiger partial charge in [-0.1, -0.05) is 5.92 Å². The van der Waals surface area contributed by atoms with Crippen molar-refractivity contribution in [2.75, 3.05) is 12.3 Å². The lowest BCUT2D eigenvalue weighted by Crippen LogP contribution is -2.42. The van der Waals surface area contributed by atoms with Gasteiger partial charge in [0.05, 0.1) is 6.61 Å². The maximum atomic E-state index is 14.7. The Labute approximate surface area is 113 Å². The van der Waals surface area contributed by atoms with Crippen LogP contribution in [0.5, 0.6) is 0 Å². The van der Waals surface area contributed by atoms with Crippen LogP contribution in [0, 0.1) is 17.1 Å². The van der Waals surface area contributed by atoms with E-state index in [9.17, 15) is 9.50 Å². The number of terminal acetylenes is 1. The number of nitrogen functional groups attached to an aromatic ring is 1. The van der Waals surface area contributed by atoms with E-state index in [1.165, 1.54) is 12.3 Å². The highest BCUT2D eigenvalue weighted by Gasteiger charge is 2.57. The molecule has 102 valence electrons. The van der Waals surface area contributed by atoms with Crippen molar-refractivity contribution in [2.24, 2.45) is 0 Å². The summed E-state index contributed by atoms with van der Waals surface area (Å²) in [5.74, 6) is 2.04. The van der Waals surface area contributed by atoms with Crippen LogP contribution in [0.1, 0.15) is 6.23 Å². The number of nitrogens with zero attached hydrogens (tertiary/aromatic N) is 2. The molecule has 4 atom stereocenters. The summed E-state index contributed by atoms with van der Waals surface area (Å²) in [6.45, 7) is -0.569. The first kappa shape index (κ1) is 13.9. The molecule has 0 aliphatic carbocycles. The number of aliphatic hydroxyl groups excluding tert-OH is 2. The molecule has 1 aromatic heterocycles. The highest BCUT2D eigenvalue weighted by Crippen LogP contribution is 2.41. The van der Waals surface area contributed by atoms with Crippen LogP contribution in [0.15, 0.2) is 12.3 Å². The van der Waals surface area contributed by atoms with E-state index < -0.39 is 30.7 Å². The molecule has 1 saturated heterocycles. The van der Waals surface area contributed by atoms with E-state index in [1.54, 1.807) is 0 Å². The summed E-state index contributed by atoms with van der Waals surface area (Å²) in [5, 5.41) is 18.8. The highest BCUT2D eigenvalue weighted by atomic mass is 32.1. The van der Waals surface area contributed by atoms with Crippen LogP contribution in [0.2, 0.25) is 0 Å². The van der Waals surface area contributed by atoms with Crippen LogP contribution in [0.25, 0.3) is 0 Å². The second-order valence-electron chi connectivity index (χ2n) is 4.11. The van der Waals surface area contributed by atoms with Crippen LogP contribution in [-0.2, 0) is 4.74 Å². The molecule has 1 aliphatic heterocycles. The van der Waals surface area contributed by atoms with Gasteiger partial charge in [0.25, 0.3) is 0 Å². The first-order chi connectivity index (χ1) is 8.93. The normalized spacial score (nSPS) is 34.1. The lowest BCUT2D eigenvalue weighted by molar-refractivity contribution is -0.0533. The Balaban J connectivity index is 2.49. The van der Waals surface area contributed by atoms with Crippen LogP contribution < -0.4 is 5.73 Å². The first-order valence-electron chi connectivity index (χ1n) is 5.39. The zero-order valence-electron chi connectivity index (χ0n) is 9.73. The third-order valence-electron chi connectivity index (χ3n) is 2.95. The number of hydrogen-bond donors (Lipinski definition) is 3. The molecule has 2 heterocycles. The highest BCUT2D eigenvalue weighted by molar-refractivity contribution is 7.71. The van der Waals surface area contributed by atoms with Gasteiger partial charge < -0.3 is 20.7 Å². The molecule has 0 aromatic carbocycles. The van der Waals surface area contributed by atoms with Gasteiger partial charge in [0.15, 0.2) is 6.23 Å². The number of anilines is 1. The Bertz CT molecular complexity index is 587. The van der Waals surface area contributed by atoms with Gasteiger partial charge in [-0.25, -0.2) is 9.37 Å². The molecule has 1 aliphatic rings. The molecule has 4 N–H and O–H groups in total. The monoisotopic (exact) mass is 285 g/mol. The van der Waals surface area contributed by atoms with Crippen LogP contribution in [0.3, 0.4) is 0 Å². The van der Waals surface area contributed by atoms with Gasteiger partial charge >= 0.3 is 0 Å². The van der Waals surface area contributed by atoms with Gasteiger partial charge in [0.2, 0.25) is 10.4 Å². The Hall–Kier alpha value is -1.53. The van der Waals surface area contributed by atoms with E-state index in [4.69, 9.17) is 34.2 Å². The quantitative estimate of drug-likeness (QED) is 0.514. The van der Waals surface area contributed by atoms with Gasteiger partial charge in [-0.15, -0.1) is 6.42 Å². The van der Waals surface area contributed by atoms with Crippen molar-refractivity contribution in [3.05, 3.63) is 17.0 Å². The number of rotatable bonds is 2. The predicted octanol–water partition coefficient (Wildman–Crippen LogP) is -0.213. The Kier molecular flexibility index (Phi) is 3.56. The maximum Gasteiger partial charge on any atom is 0.243 e. The van der Waals surface area contributed by atoms with Crippen molar-refractivity contribution < 1.29 is 19.3 Å². The van der Waals surface area contributed by atoms with Gasteiger partial charge in [-0.05, 0) is 18.3 Å². The van der Waals surface area contributed by atoms with Gasteiger partial charge in [0, 0.05) is 6.20 Å².